The van der Waals surface area contributed by atoms with Crippen molar-refractivity contribution in [2.45, 2.75) is 38.8 Å². The summed E-state index contributed by atoms with van der Waals surface area (Å²) >= 11 is 0. The number of rotatable bonds is 7. The number of furan rings is 1. The predicted octanol–water partition coefficient (Wildman–Crippen LogP) is 4.88. The van der Waals surface area contributed by atoms with Gasteiger partial charge in [0.2, 0.25) is 0 Å². The van der Waals surface area contributed by atoms with Gasteiger partial charge in [-0.05, 0) is 49.1 Å². The topological polar surface area (TPSA) is 42.7 Å². The van der Waals surface area contributed by atoms with Crippen LogP contribution >= 0.6 is 0 Å². The highest BCUT2D eigenvalue weighted by Crippen LogP contribution is 2.31. The van der Waals surface area contributed by atoms with Gasteiger partial charge in [-0.1, -0.05) is 42.5 Å². The van der Waals surface area contributed by atoms with Gasteiger partial charge in [-0.3, -0.25) is 4.79 Å². The maximum atomic E-state index is 13.5. The first-order chi connectivity index (χ1) is 13.7. The van der Waals surface area contributed by atoms with E-state index in [2.05, 4.69) is 31.2 Å². The van der Waals surface area contributed by atoms with Crippen molar-refractivity contribution in [3.05, 3.63) is 89.4 Å². The largest absolute Gasteiger partial charge is 0.492 e. The number of amides is 1. The second kappa shape index (κ2) is 8.34. The van der Waals surface area contributed by atoms with Gasteiger partial charge < -0.3 is 14.1 Å². The molecular formula is C24H25NO3. The first kappa shape index (κ1) is 18.4. The Bertz CT molecular complexity index is 918. The minimum atomic E-state index is -0.00397. The Morgan fingerprint density at radius 3 is 2.71 bits per heavy atom. The predicted molar refractivity (Wildman–Crippen MR) is 108 cm³/mol. The number of hydrogen-bond acceptors (Lipinski definition) is 3. The molecular weight excluding hydrogens is 350 g/mol. The van der Waals surface area contributed by atoms with Crippen molar-refractivity contribution in [2.24, 2.45) is 0 Å². The first-order valence-electron chi connectivity index (χ1n) is 9.84. The van der Waals surface area contributed by atoms with Gasteiger partial charge in [0.15, 0.2) is 0 Å². The molecule has 1 amide bonds. The van der Waals surface area contributed by atoms with E-state index in [1.165, 1.54) is 5.56 Å². The van der Waals surface area contributed by atoms with E-state index < -0.39 is 0 Å². The SMILES string of the molecule is C[C@H](CCc1ccccc1)N(Cc1ccco1)C(=O)c1cccc2c1OCC2. The molecule has 2 heterocycles. The van der Waals surface area contributed by atoms with E-state index >= 15 is 0 Å². The fourth-order valence-electron chi connectivity index (χ4n) is 3.71. The van der Waals surface area contributed by atoms with E-state index in [0.717, 1.165) is 36.3 Å². The Balaban J connectivity index is 1.56. The lowest BCUT2D eigenvalue weighted by Crippen LogP contribution is -2.38. The molecule has 1 aromatic heterocycles. The van der Waals surface area contributed by atoms with Crippen LogP contribution in [0.5, 0.6) is 5.75 Å². The highest BCUT2D eigenvalue weighted by Gasteiger charge is 2.27. The highest BCUT2D eigenvalue weighted by molar-refractivity contribution is 5.97. The second-order valence-corrected chi connectivity index (χ2v) is 7.28. The van der Waals surface area contributed by atoms with Crippen LogP contribution in [0.2, 0.25) is 0 Å². The molecule has 4 heteroatoms. The van der Waals surface area contributed by atoms with Crippen LogP contribution < -0.4 is 4.74 Å². The summed E-state index contributed by atoms with van der Waals surface area (Å²) in [4.78, 5) is 15.4. The van der Waals surface area contributed by atoms with Crippen molar-refractivity contribution in [3.63, 3.8) is 0 Å². The standard InChI is InChI=1S/C24H25NO3/c1-18(12-13-19-7-3-2-4-8-19)25(17-21-10-6-15-27-21)24(26)22-11-5-9-20-14-16-28-23(20)22/h2-11,15,18H,12-14,16-17H2,1H3/t18-/m1/s1. The molecule has 0 radical (unpaired) electrons. The number of nitrogens with zero attached hydrogens (tertiary/aromatic N) is 1. The number of para-hydroxylation sites is 1. The van der Waals surface area contributed by atoms with Crippen molar-refractivity contribution in [3.8, 4) is 5.75 Å². The van der Waals surface area contributed by atoms with Crippen LogP contribution in [0.15, 0.2) is 71.3 Å². The molecule has 0 fully saturated rings. The van der Waals surface area contributed by atoms with Crippen LogP contribution in [-0.2, 0) is 19.4 Å². The maximum Gasteiger partial charge on any atom is 0.258 e. The summed E-state index contributed by atoms with van der Waals surface area (Å²) in [6.45, 7) is 3.20. The van der Waals surface area contributed by atoms with Gasteiger partial charge >= 0.3 is 0 Å². The van der Waals surface area contributed by atoms with Gasteiger partial charge in [0.1, 0.15) is 11.5 Å². The summed E-state index contributed by atoms with van der Waals surface area (Å²) in [6.07, 6.45) is 4.31. The third-order valence-corrected chi connectivity index (χ3v) is 5.34. The molecule has 0 spiro atoms. The smallest absolute Gasteiger partial charge is 0.258 e. The Morgan fingerprint density at radius 2 is 1.93 bits per heavy atom. The van der Waals surface area contributed by atoms with E-state index in [9.17, 15) is 4.79 Å². The summed E-state index contributed by atoms with van der Waals surface area (Å²) in [6, 6.07) is 20.1. The molecule has 3 aromatic rings. The van der Waals surface area contributed by atoms with Gasteiger partial charge in [-0.15, -0.1) is 0 Å². The van der Waals surface area contributed by atoms with Crippen molar-refractivity contribution in [1.29, 1.82) is 0 Å². The molecule has 1 atom stereocenters. The number of aryl methyl sites for hydroxylation is 1. The quantitative estimate of drug-likeness (QED) is 0.591. The molecule has 1 aliphatic heterocycles. The average molecular weight is 375 g/mol. The number of fused-ring (bicyclic) bond motifs is 1. The number of hydrogen-bond donors (Lipinski definition) is 0. The van der Waals surface area contributed by atoms with E-state index in [4.69, 9.17) is 9.15 Å². The van der Waals surface area contributed by atoms with Crippen molar-refractivity contribution >= 4 is 5.91 Å². The molecule has 4 nitrogen and oxygen atoms in total. The van der Waals surface area contributed by atoms with Crippen molar-refractivity contribution < 1.29 is 13.9 Å². The molecule has 28 heavy (non-hydrogen) atoms. The molecule has 0 bridgehead atoms. The zero-order valence-corrected chi connectivity index (χ0v) is 16.1. The average Bonchev–Trinajstić information content (AvgIpc) is 3.42. The zero-order chi connectivity index (χ0) is 19.3. The van der Waals surface area contributed by atoms with Crippen LogP contribution in [0.3, 0.4) is 0 Å². The number of carbonyl (C=O) groups excluding carboxylic acids is 1. The third-order valence-electron chi connectivity index (χ3n) is 5.34. The maximum absolute atomic E-state index is 13.5. The van der Waals surface area contributed by atoms with Crippen LogP contribution in [0.1, 0.15) is 40.6 Å². The lowest BCUT2D eigenvalue weighted by atomic mass is 10.0. The first-order valence-corrected chi connectivity index (χ1v) is 9.84. The Labute approximate surface area is 165 Å². The van der Waals surface area contributed by atoms with Crippen LogP contribution in [0.25, 0.3) is 0 Å². The molecule has 4 rings (SSSR count). The molecule has 0 unspecified atom stereocenters. The van der Waals surface area contributed by atoms with Gasteiger partial charge in [0, 0.05) is 12.5 Å². The highest BCUT2D eigenvalue weighted by atomic mass is 16.5. The fraction of sp³-hybridized carbons (Fsp3) is 0.292. The number of benzene rings is 2. The molecule has 1 aliphatic rings. The van der Waals surface area contributed by atoms with Crippen molar-refractivity contribution in [2.75, 3.05) is 6.61 Å². The molecule has 144 valence electrons. The summed E-state index contributed by atoms with van der Waals surface area (Å²) in [7, 11) is 0. The van der Waals surface area contributed by atoms with Gasteiger partial charge in [0.05, 0.1) is 25.0 Å². The molecule has 0 saturated heterocycles. The zero-order valence-electron chi connectivity index (χ0n) is 16.1. The van der Waals surface area contributed by atoms with E-state index in [0.29, 0.717) is 18.7 Å². The lowest BCUT2D eigenvalue weighted by molar-refractivity contribution is 0.0648. The minimum Gasteiger partial charge on any atom is -0.492 e. The monoisotopic (exact) mass is 375 g/mol. The Morgan fingerprint density at radius 1 is 1.07 bits per heavy atom. The van der Waals surface area contributed by atoms with Crippen LogP contribution in [-0.4, -0.2) is 23.5 Å². The summed E-state index contributed by atoms with van der Waals surface area (Å²) in [5.74, 6) is 1.52. The van der Waals surface area contributed by atoms with E-state index in [1.54, 1.807) is 6.26 Å². The molecule has 0 saturated carbocycles. The Kier molecular flexibility index (Phi) is 5.47. The van der Waals surface area contributed by atoms with Gasteiger partial charge in [0.25, 0.3) is 5.91 Å². The summed E-state index contributed by atoms with van der Waals surface area (Å²) in [5, 5.41) is 0. The van der Waals surface area contributed by atoms with Crippen molar-refractivity contribution in [1.82, 2.24) is 4.90 Å². The second-order valence-electron chi connectivity index (χ2n) is 7.28. The summed E-state index contributed by atoms with van der Waals surface area (Å²) < 4.78 is 11.3. The lowest BCUT2D eigenvalue weighted by Gasteiger charge is -2.29. The van der Waals surface area contributed by atoms with Crippen LogP contribution in [0.4, 0.5) is 0 Å². The molecule has 0 aliphatic carbocycles. The van der Waals surface area contributed by atoms with Crippen LogP contribution in [0, 0.1) is 0 Å². The van der Waals surface area contributed by atoms with Gasteiger partial charge in [-0.25, -0.2) is 0 Å². The number of ether oxygens (including phenoxy) is 1. The van der Waals surface area contributed by atoms with E-state index in [-0.39, 0.29) is 11.9 Å². The fourth-order valence-corrected chi connectivity index (χ4v) is 3.71. The minimum absolute atomic E-state index is 0.00397. The normalized spacial score (nSPS) is 13.6. The molecule has 2 aromatic carbocycles. The van der Waals surface area contributed by atoms with Gasteiger partial charge in [-0.2, -0.15) is 0 Å². The molecule has 0 N–H and O–H groups in total. The third kappa shape index (κ3) is 3.96. The van der Waals surface area contributed by atoms with E-state index in [1.807, 2.05) is 41.3 Å². The Hall–Kier alpha value is -3.01. The number of carbonyl (C=O) groups is 1. The summed E-state index contributed by atoms with van der Waals surface area (Å²) in [5.41, 5.74) is 3.04.